The first-order valence-corrected chi connectivity index (χ1v) is 17.6. The molecule has 0 unspecified atom stereocenters. The van der Waals surface area contributed by atoms with Crippen LogP contribution in [0.2, 0.25) is 0 Å². The molecule has 0 amide bonds. The second kappa shape index (κ2) is 14.9. The average Bonchev–Trinajstić information content (AvgIpc) is 3.56. The number of oxazole rings is 1. The molecule has 0 saturated carbocycles. The molecule has 264 valence electrons. The first kappa shape index (κ1) is 34.8. The maximum absolute atomic E-state index is 11.4. The van der Waals surface area contributed by atoms with E-state index < -0.39 is 12.1 Å². The number of pyridine rings is 2. The van der Waals surface area contributed by atoms with Crippen LogP contribution in [0.4, 0.5) is 11.5 Å². The fourth-order valence-corrected chi connectivity index (χ4v) is 7.05. The molecule has 52 heavy (non-hydrogen) atoms. The van der Waals surface area contributed by atoms with Crippen molar-refractivity contribution in [3.63, 3.8) is 0 Å². The number of rotatable bonds is 11. The van der Waals surface area contributed by atoms with Gasteiger partial charge in [0.15, 0.2) is 11.4 Å². The number of carboxylic acid groups (broad SMARTS) is 1. The zero-order valence-corrected chi connectivity index (χ0v) is 29.5. The first-order chi connectivity index (χ1) is 25.2. The second-order valence-electron chi connectivity index (χ2n) is 13.6. The minimum Gasteiger partial charge on any atom is -0.481 e. The zero-order valence-electron chi connectivity index (χ0n) is 29.5. The standard InChI is InChI=1S/C41H41N7O4/c1-24(49)20-43-21-28-17-30-10-13-44-39(37(30)45-22-28)46-35-9-5-7-33(26(35)3)32-6-4-8-34(25(32)2)40-47-36-18-27(16-31(19-42)38(36)52-40)23-48-14-11-29(12-15-48)41(50)51/h4-10,13,16-18,22,24,29,43,49H,11-12,14-15,20-21,23H2,1-3H3,(H,44,46)(H,50,51)/t24-/m1/s1. The van der Waals surface area contributed by atoms with Crippen LogP contribution in [-0.4, -0.2) is 61.8 Å². The molecular formula is C41H41N7O4. The molecular weight excluding hydrogens is 654 g/mol. The number of hydrogen-bond donors (Lipinski definition) is 4. The topological polar surface area (TPSA) is 160 Å². The Morgan fingerprint density at radius 2 is 1.77 bits per heavy atom. The Bertz CT molecular complexity index is 2320. The molecule has 6 aromatic rings. The number of aliphatic hydroxyl groups is 1. The van der Waals surface area contributed by atoms with Gasteiger partial charge in [-0.15, -0.1) is 0 Å². The average molecular weight is 696 g/mol. The van der Waals surface area contributed by atoms with E-state index in [0.29, 0.717) is 73.9 Å². The summed E-state index contributed by atoms with van der Waals surface area (Å²) in [5, 5.41) is 36.7. The van der Waals surface area contributed by atoms with Crippen LogP contribution in [0, 0.1) is 31.1 Å². The fraction of sp³-hybridized carbons (Fsp3) is 0.293. The summed E-state index contributed by atoms with van der Waals surface area (Å²) in [6.07, 6.45) is 4.43. The lowest BCUT2D eigenvalue weighted by Gasteiger charge is -2.30. The number of carbonyl (C=O) groups is 1. The predicted octanol–water partition coefficient (Wildman–Crippen LogP) is 7.10. The van der Waals surface area contributed by atoms with Gasteiger partial charge in [0.1, 0.15) is 17.1 Å². The predicted molar refractivity (Wildman–Crippen MR) is 201 cm³/mol. The molecule has 0 radical (unpaired) electrons. The van der Waals surface area contributed by atoms with Crippen LogP contribution in [0.1, 0.15) is 47.6 Å². The van der Waals surface area contributed by atoms with E-state index in [1.165, 1.54) is 0 Å². The normalized spacial score (nSPS) is 14.4. The van der Waals surface area contributed by atoms with Crippen LogP contribution in [0.3, 0.4) is 0 Å². The zero-order chi connectivity index (χ0) is 36.4. The highest BCUT2D eigenvalue weighted by atomic mass is 16.4. The van der Waals surface area contributed by atoms with Crippen molar-refractivity contribution < 1.29 is 19.4 Å². The molecule has 1 fully saturated rings. The van der Waals surface area contributed by atoms with Crippen LogP contribution in [0.25, 0.3) is 44.6 Å². The number of likely N-dealkylation sites (tertiary alicyclic amines) is 1. The Morgan fingerprint density at radius 3 is 2.52 bits per heavy atom. The van der Waals surface area contributed by atoms with Gasteiger partial charge in [0.2, 0.25) is 5.89 Å². The number of anilines is 2. The molecule has 1 saturated heterocycles. The molecule has 1 aliphatic rings. The highest BCUT2D eigenvalue weighted by molar-refractivity contribution is 5.91. The van der Waals surface area contributed by atoms with Crippen molar-refractivity contribution in [2.24, 2.45) is 5.92 Å². The Labute approximate surface area is 302 Å². The van der Waals surface area contributed by atoms with Gasteiger partial charge in [-0.3, -0.25) is 14.7 Å². The van der Waals surface area contributed by atoms with E-state index in [4.69, 9.17) is 14.4 Å². The van der Waals surface area contributed by atoms with Gasteiger partial charge in [0.25, 0.3) is 0 Å². The third-order valence-corrected chi connectivity index (χ3v) is 9.88. The van der Waals surface area contributed by atoms with E-state index in [1.807, 2.05) is 48.7 Å². The largest absolute Gasteiger partial charge is 0.481 e. The van der Waals surface area contributed by atoms with Crippen LogP contribution in [0.15, 0.2) is 77.5 Å². The fourth-order valence-electron chi connectivity index (χ4n) is 7.05. The van der Waals surface area contributed by atoms with E-state index >= 15 is 0 Å². The van der Waals surface area contributed by atoms with Crippen LogP contribution < -0.4 is 10.6 Å². The number of aliphatic hydroxyl groups excluding tert-OH is 1. The summed E-state index contributed by atoms with van der Waals surface area (Å²) in [5.41, 5.74) is 10.1. The first-order valence-electron chi connectivity index (χ1n) is 17.6. The number of nitrogens with zero attached hydrogens (tertiary/aromatic N) is 5. The summed E-state index contributed by atoms with van der Waals surface area (Å²) in [6, 6.07) is 22.4. The number of carboxylic acids is 1. The van der Waals surface area contributed by atoms with Crippen molar-refractivity contribution in [1.29, 1.82) is 5.26 Å². The lowest BCUT2D eigenvalue weighted by molar-refractivity contribution is -0.143. The number of benzene rings is 3. The highest BCUT2D eigenvalue weighted by Crippen LogP contribution is 2.38. The molecule has 0 aliphatic carbocycles. The number of aromatic nitrogens is 3. The lowest BCUT2D eigenvalue weighted by atomic mass is 9.93. The van der Waals surface area contributed by atoms with Gasteiger partial charge in [-0.1, -0.05) is 24.3 Å². The molecule has 1 atom stereocenters. The summed E-state index contributed by atoms with van der Waals surface area (Å²) in [4.78, 5) is 27.8. The number of fused-ring (bicyclic) bond motifs is 2. The molecule has 1 aliphatic heterocycles. The van der Waals surface area contributed by atoms with E-state index in [9.17, 15) is 20.3 Å². The molecule has 7 rings (SSSR count). The molecule has 4 heterocycles. The Morgan fingerprint density at radius 1 is 1.02 bits per heavy atom. The van der Waals surface area contributed by atoms with Gasteiger partial charge in [0, 0.05) is 48.7 Å². The van der Waals surface area contributed by atoms with E-state index in [0.717, 1.165) is 55.5 Å². The van der Waals surface area contributed by atoms with E-state index in [1.54, 1.807) is 13.1 Å². The molecule has 11 heteroatoms. The van der Waals surface area contributed by atoms with Gasteiger partial charge in [-0.2, -0.15) is 5.26 Å². The molecule has 3 aromatic heterocycles. The number of nitriles is 1. The summed E-state index contributed by atoms with van der Waals surface area (Å²) >= 11 is 0. The van der Waals surface area contributed by atoms with Gasteiger partial charge in [-0.25, -0.2) is 9.97 Å². The SMILES string of the molecule is Cc1c(Nc2nccc3cc(CNC[C@@H](C)O)cnc23)cccc1-c1cccc(-c2nc3cc(CN4CCC(C(=O)O)CC4)cc(C#N)c3o2)c1C. The lowest BCUT2D eigenvalue weighted by Crippen LogP contribution is -2.35. The van der Waals surface area contributed by atoms with Crippen molar-refractivity contribution in [1.82, 2.24) is 25.2 Å². The quantitative estimate of drug-likeness (QED) is 0.109. The van der Waals surface area contributed by atoms with Crippen molar-refractivity contribution >= 4 is 39.5 Å². The van der Waals surface area contributed by atoms with Gasteiger partial charge >= 0.3 is 5.97 Å². The number of piperidine rings is 1. The molecule has 3 aromatic carbocycles. The monoisotopic (exact) mass is 695 g/mol. The summed E-state index contributed by atoms with van der Waals surface area (Å²) in [6.45, 7) is 9.02. The van der Waals surface area contributed by atoms with Gasteiger partial charge in [-0.05, 0) is 116 Å². The summed E-state index contributed by atoms with van der Waals surface area (Å²) in [7, 11) is 0. The van der Waals surface area contributed by atoms with Crippen molar-refractivity contribution in [2.75, 3.05) is 25.0 Å². The second-order valence-corrected chi connectivity index (χ2v) is 13.6. The molecule has 4 N–H and O–H groups in total. The van der Waals surface area contributed by atoms with Crippen LogP contribution >= 0.6 is 0 Å². The smallest absolute Gasteiger partial charge is 0.306 e. The molecule has 0 bridgehead atoms. The third-order valence-electron chi connectivity index (χ3n) is 9.88. The minimum absolute atomic E-state index is 0.295. The third kappa shape index (κ3) is 7.22. The Kier molecular flexibility index (Phi) is 9.96. The maximum atomic E-state index is 11.4. The summed E-state index contributed by atoms with van der Waals surface area (Å²) in [5.74, 6) is 0.0855. The van der Waals surface area contributed by atoms with E-state index in [2.05, 4.69) is 58.6 Å². The van der Waals surface area contributed by atoms with E-state index in [-0.39, 0.29) is 5.92 Å². The van der Waals surface area contributed by atoms with Crippen molar-refractivity contribution in [3.05, 3.63) is 101 Å². The number of aliphatic carboxylic acids is 1. The molecule has 0 spiro atoms. The van der Waals surface area contributed by atoms with Crippen molar-refractivity contribution in [3.8, 4) is 28.7 Å². The molecule has 11 nitrogen and oxygen atoms in total. The van der Waals surface area contributed by atoms with Crippen LogP contribution in [-0.2, 0) is 17.9 Å². The van der Waals surface area contributed by atoms with Crippen LogP contribution in [0.5, 0.6) is 0 Å². The summed E-state index contributed by atoms with van der Waals surface area (Å²) < 4.78 is 6.29. The Hall–Kier alpha value is -5.67. The Balaban J connectivity index is 1.15. The minimum atomic E-state index is -0.730. The maximum Gasteiger partial charge on any atom is 0.306 e. The number of hydrogen-bond acceptors (Lipinski definition) is 10. The highest BCUT2D eigenvalue weighted by Gasteiger charge is 2.25. The number of nitrogens with one attached hydrogen (secondary N) is 2. The van der Waals surface area contributed by atoms with Gasteiger partial charge < -0.3 is 25.3 Å². The van der Waals surface area contributed by atoms with Crippen molar-refractivity contribution in [2.45, 2.75) is 52.8 Å². The van der Waals surface area contributed by atoms with Gasteiger partial charge in [0.05, 0.1) is 17.6 Å².